The lowest BCUT2D eigenvalue weighted by Crippen LogP contribution is -2.26. The van der Waals surface area contributed by atoms with Crippen LogP contribution in [0.4, 0.5) is 4.39 Å². The van der Waals surface area contributed by atoms with Crippen molar-refractivity contribution in [1.82, 2.24) is 9.88 Å². The molecule has 106 valence electrons. The van der Waals surface area contributed by atoms with E-state index >= 15 is 0 Å². The van der Waals surface area contributed by atoms with Crippen molar-refractivity contribution < 1.29 is 9.50 Å². The highest BCUT2D eigenvalue weighted by Gasteiger charge is 2.17. The predicted molar refractivity (Wildman–Crippen MR) is 73.2 cm³/mol. The lowest BCUT2D eigenvalue weighted by molar-refractivity contribution is 0.140. The van der Waals surface area contributed by atoms with Gasteiger partial charge in [0.2, 0.25) is 0 Å². The van der Waals surface area contributed by atoms with Gasteiger partial charge in [-0.25, -0.2) is 4.39 Å². The van der Waals surface area contributed by atoms with Crippen LogP contribution in [0.1, 0.15) is 43.9 Å². The largest absolute Gasteiger partial charge is 0.387 e. The number of hydrogen-bond donors (Lipinski definition) is 1. The summed E-state index contributed by atoms with van der Waals surface area (Å²) in [5.74, 6) is 0.459. The molecule has 1 saturated carbocycles. The monoisotopic (exact) mass is 266 g/mol. The van der Waals surface area contributed by atoms with Crippen LogP contribution in [0, 0.1) is 11.7 Å². The molecule has 1 N–H and O–H groups in total. The first-order valence-electron chi connectivity index (χ1n) is 7.13. The molecule has 1 aromatic rings. The van der Waals surface area contributed by atoms with Crippen LogP contribution in [0.5, 0.6) is 0 Å². The first kappa shape index (κ1) is 14.4. The Kier molecular flexibility index (Phi) is 5.28. The van der Waals surface area contributed by atoms with E-state index in [2.05, 4.69) is 16.9 Å². The Labute approximate surface area is 114 Å². The molecule has 0 aliphatic heterocycles. The molecule has 1 heterocycles. The molecule has 4 heteroatoms. The van der Waals surface area contributed by atoms with Gasteiger partial charge in [0, 0.05) is 13.1 Å². The second kappa shape index (κ2) is 6.96. The number of aliphatic hydroxyl groups excluding tert-OH is 1. The molecule has 0 aromatic carbocycles. The molecule has 0 spiro atoms. The average molecular weight is 266 g/mol. The van der Waals surface area contributed by atoms with Crippen LogP contribution in [0.3, 0.4) is 0 Å². The molecule has 0 bridgehead atoms. The summed E-state index contributed by atoms with van der Waals surface area (Å²) in [6, 6.07) is 2.89. The zero-order valence-electron chi connectivity index (χ0n) is 11.6. The van der Waals surface area contributed by atoms with E-state index in [9.17, 15) is 9.50 Å². The van der Waals surface area contributed by atoms with E-state index in [4.69, 9.17) is 0 Å². The first-order valence-corrected chi connectivity index (χ1v) is 7.13. The molecule has 0 amide bonds. The summed E-state index contributed by atoms with van der Waals surface area (Å²) in [4.78, 5) is 6.20. The first-order chi connectivity index (χ1) is 9.15. The summed E-state index contributed by atoms with van der Waals surface area (Å²) >= 11 is 0. The number of aromatic nitrogens is 1. The molecule has 1 aliphatic carbocycles. The quantitative estimate of drug-likeness (QED) is 0.860. The van der Waals surface area contributed by atoms with Crippen LogP contribution in [0.25, 0.3) is 0 Å². The minimum atomic E-state index is -0.605. The fourth-order valence-electron chi connectivity index (χ4n) is 2.80. The summed E-state index contributed by atoms with van der Waals surface area (Å²) in [5, 5.41) is 10.0. The Hall–Kier alpha value is -1.00. The standard InChI is InChI=1S/C15H23FN2O/c1-18(11-12-4-2-3-5-12)9-8-15(19)14-7-6-13(16)10-17-14/h6-7,10,12,15,19H,2-5,8-9,11H2,1H3. The van der Waals surface area contributed by atoms with Crippen LogP contribution >= 0.6 is 0 Å². The van der Waals surface area contributed by atoms with Gasteiger partial charge in [-0.2, -0.15) is 0 Å². The van der Waals surface area contributed by atoms with Crippen molar-refractivity contribution in [2.75, 3.05) is 20.1 Å². The molecule has 3 nitrogen and oxygen atoms in total. The summed E-state index contributed by atoms with van der Waals surface area (Å²) in [6.07, 6.45) is 6.59. The van der Waals surface area contributed by atoms with Gasteiger partial charge in [-0.15, -0.1) is 0 Å². The van der Waals surface area contributed by atoms with Crippen LogP contribution in [0.15, 0.2) is 18.3 Å². The maximum Gasteiger partial charge on any atom is 0.141 e. The van der Waals surface area contributed by atoms with Crippen molar-refractivity contribution >= 4 is 0 Å². The van der Waals surface area contributed by atoms with Gasteiger partial charge >= 0.3 is 0 Å². The number of rotatable bonds is 6. The maximum absolute atomic E-state index is 12.7. The highest BCUT2D eigenvalue weighted by molar-refractivity contribution is 5.07. The van der Waals surface area contributed by atoms with E-state index < -0.39 is 6.10 Å². The van der Waals surface area contributed by atoms with Crippen LogP contribution < -0.4 is 0 Å². The van der Waals surface area contributed by atoms with Gasteiger partial charge in [0.15, 0.2) is 0 Å². The molecular formula is C15H23FN2O. The molecule has 1 aromatic heterocycles. The van der Waals surface area contributed by atoms with Crippen molar-refractivity contribution in [2.45, 2.75) is 38.2 Å². The SMILES string of the molecule is CN(CCC(O)c1ccc(F)cn1)CC1CCCC1. The zero-order chi connectivity index (χ0) is 13.7. The summed E-state index contributed by atoms with van der Waals surface area (Å²) in [7, 11) is 2.10. The molecule has 2 rings (SSSR count). The summed E-state index contributed by atoms with van der Waals surface area (Å²) in [5.41, 5.74) is 0.552. The van der Waals surface area contributed by atoms with Crippen LogP contribution in [0.2, 0.25) is 0 Å². The number of pyridine rings is 1. The normalized spacial score (nSPS) is 18.1. The third-order valence-electron chi connectivity index (χ3n) is 3.92. The van der Waals surface area contributed by atoms with Gasteiger partial charge in [-0.1, -0.05) is 12.8 Å². The third kappa shape index (κ3) is 4.55. The maximum atomic E-state index is 12.7. The highest BCUT2D eigenvalue weighted by Crippen LogP contribution is 2.25. The zero-order valence-corrected chi connectivity index (χ0v) is 11.6. The number of aliphatic hydroxyl groups is 1. The second-order valence-corrected chi connectivity index (χ2v) is 5.62. The smallest absolute Gasteiger partial charge is 0.141 e. The molecule has 1 aliphatic rings. The molecule has 1 unspecified atom stereocenters. The van der Waals surface area contributed by atoms with E-state index in [0.29, 0.717) is 12.1 Å². The van der Waals surface area contributed by atoms with E-state index in [0.717, 1.165) is 25.2 Å². The number of hydrogen-bond acceptors (Lipinski definition) is 3. The summed E-state index contributed by atoms with van der Waals surface area (Å²) < 4.78 is 12.7. The lowest BCUT2D eigenvalue weighted by atomic mass is 10.1. The van der Waals surface area contributed by atoms with Crippen molar-refractivity contribution in [3.63, 3.8) is 0 Å². The molecule has 0 radical (unpaired) electrons. The Morgan fingerprint density at radius 2 is 2.16 bits per heavy atom. The van der Waals surface area contributed by atoms with Gasteiger partial charge < -0.3 is 10.0 Å². The Bertz CT molecular complexity index is 376. The lowest BCUT2D eigenvalue weighted by Gasteiger charge is -2.22. The summed E-state index contributed by atoms with van der Waals surface area (Å²) in [6.45, 7) is 1.96. The van der Waals surface area contributed by atoms with E-state index in [1.165, 1.54) is 31.7 Å². The molecule has 1 fully saturated rings. The number of halogens is 1. The number of nitrogens with zero attached hydrogens (tertiary/aromatic N) is 2. The van der Waals surface area contributed by atoms with Gasteiger partial charge in [-0.05, 0) is 44.4 Å². The van der Waals surface area contributed by atoms with Crippen LogP contribution in [-0.2, 0) is 0 Å². The van der Waals surface area contributed by atoms with Gasteiger partial charge in [0.05, 0.1) is 18.0 Å². The Morgan fingerprint density at radius 1 is 1.42 bits per heavy atom. The Balaban J connectivity index is 1.73. The van der Waals surface area contributed by atoms with Crippen molar-refractivity contribution in [2.24, 2.45) is 5.92 Å². The van der Waals surface area contributed by atoms with Crippen molar-refractivity contribution in [1.29, 1.82) is 0 Å². The minimum Gasteiger partial charge on any atom is -0.387 e. The average Bonchev–Trinajstić information content (AvgIpc) is 2.89. The van der Waals surface area contributed by atoms with Crippen LogP contribution in [-0.4, -0.2) is 35.1 Å². The van der Waals surface area contributed by atoms with Crippen molar-refractivity contribution in [3.05, 3.63) is 29.8 Å². The molecule has 1 atom stereocenters. The molecule has 19 heavy (non-hydrogen) atoms. The fourth-order valence-corrected chi connectivity index (χ4v) is 2.80. The second-order valence-electron chi connectivity index (χ2n) is 5.62. The minimum absolute atomic E-state index is 0.366. The van der Waals surface area contributed by atoms with E-state index in [1.54, 1.807) is 6.07 Å². The Morgan fingerprint density at radius 3 is 2.79 bits per heavy atom. The van der Waals surface area contributed by atoms with E-state index in [-0.39, 0.29) is 5.82 Å². The van der Waals surface area contributed by atoms with Gasteiger partial charge in [0.1, 0.15) is 5.82 Å². The van der Waals surface area contributed by atoms with Crippen molar-refractivity contribution in [3.8, 4) is 0 Å². The van der Waals surface area contributed by atoms with Gasteiger partial charge in [-0.3, -0.25) is 4.98 Å². The highest BCUT2D eigenvalue weighted by atomic mass is 19.1. The fraction of sp³-hybridized carbons (Fsp3) is 0.667. The van der Waals surface area contributed by atoms with Gasteiger partial charge in [0.25, 0.3) is 0 Å². The molecular weight excluding hydrogens is 243 g/mol. The predicted octanol–water partition coefficient (Wildman–Crippen LogP) is 2.77. The van der Waals surface area contributed by atoms with E-state index in [1.807, 2.05) is 0 Å². The third-order valence-corrected chi connectivity index (χ3v) is 3.92. The topological polar surface area (TPSA) is 36.4 Å². The molecule has 0 saturated heterocycles.